The van der Waals surface area contributed by atoms with E-state index in [-0.39, 0.29) is 18.0 Å². The predicted octanol–water partition coefficient (Wildman–Crippen LogP) is 1.66. The summed E-state index contributed by atoms with van der Waals surface area (Å²) in [6.45, 7) is 4.05. The van der Waals surface area contributed by atoms with Crippen molar-refractivity contribution in [3.63, 3.8) is 0 Å². The Morgan fingerprint density at radius 1 is 1.42 bits per heavy atom. The van der Waals surface area contributed by atoms with E-state index < -0.39 is 0 Å². The molecule has 1 saturated heterocycles. The second kappa shape index (κ2) is 6.50. The molecule has 2 unspecified atom stereocenters. The van der Waals surface area contributed by atoms with Crippen molar-refractivity contribution in [2.75, 3.05) is 19.6 Å². The van der Waals surface area contributed by atoms with Crippen LogP contribution in [0.3, 0.4) is 0 Å². The Morgan fingerprint density at radius 2 is 2.11 bits per heavy atom. The summed E-state index contributed by atoms with van der Waals surface area (Å²) in [6.07, 6.45) is 0.888. The Hall–Kier alpha value is -0.910. The molecule has 1 aromatic carbocycles. The zero-order valence-corrected chi connectivity index (χ0v) is 12.7. The van der Waals surface area contributed by atoms with E-state index in [1.807, 2.05) is 12.1 Å². The van der Waals surface area contributed by atoms with E-state index in [0.29, 0.717) is 13.1 Å². The van der Waals surface area contributed by atoms with Crippen molar-refractivity contribution in [3.05, 3.63) is 34.3 Å². The van der Waals surface area contributed by atoms with Gasteiger partial charge in [-0.1, -0.05) is 35.0 Å². The van der Waals surface area contributed by atoms with Crippen LogP contribution >= 0.6 is 15.9 Å². The van der Waals surface area contributed by atoms with Crippen molar-refractivity contribution >= 4 is 21.8 Å². The van der Waals surface area contributed by atoms with E-state index in [1.165, 1.54) is 5.56 Å². The van der Waals surface area contributed by atoms with Gasteiger partial charge in [-0.15, -0.1) is 0 Å². The zero-order chi connectivity index (χ0) is 13.8. The molecule has 4 nitrogen and oxygen atoms in total. The van der Waals surface area contributed by atoms with Gasteiger partial charge in [0.15, 0.2) is 0 Å². The minimum Gasteiger partial charge on any atom is -0.354 e. The number of nitrogens with zero attached hydrogens (tertiary/aromatic N) is 1. The molecule has 5 heteroatoms. The molecule has 1 heterocycles. The molecule has 2 rings (SSSR count). The maximum absolute atomic E-state index is 11.6. The lowest BCUT2D eigenvalue weighted by molar-refractivity contribution is -0.125. The number of hydrogen-bond donors (Lipinski definition) is 2. The molecular weight excluding hydrogens is 306 g/mol. The summed E-state index contributed by atoms with van der Waals surface area (Å²) in [5, 5.41) is 2.86. The molecule has 0 bridgehead atoms. The molecule has 104 valence electrons. The van der Waals surface area contributed by atoms with Gasteiger partial charge in [0.25, 0.3) is 0 Å². The summed E-state index contributed by atoms with van der Waals surface area (Å²) in [4.78, 5) is 13.8. The van der Waals surface area contributed by atoms with Crippen LogP contribution in [0.1, 0.15) is 24.9 Å². The van der Waals surface area contributed by atoms with E-state index in [2.05, 4.69) is 45.2 Å². The number of piperazine rings is 1. The van der Waals surface area contributed by atoms with Crippen molar-refractivity contribution in [3.8, 4) is 0 Å². The first kappa shape index (κ1) is 14.5. The van der Waals surface area contributed by atoms with Crippen LogP contribution in [0.2, 0.25) is 0 Å². The third-order valence-electron chi connectivity index (χ3n) is 3.55. The van der Waals surface area contributed by atoms with Gasteiger partial charge in [-0.3, -0.25) is 9.69 Å². The zero-order valence-electron chi connectivity index (χ0n) is 11.1. The molecule has 3 N–H and O–H groups in total. The van der Waals surface area contributed by atoms with E-state index in [9.17, 15) is 4.79 Å². The molecular formula is C14H20BrN3O. The maximum Gasteiger partial charge on any atom is 0.234 e. The number of amides is 1. The number of hydrogen-bond acceptors (Lipinski definition) is 3. The van der Waals surface area contributed by atoms with Crippen LogP contribution in [0, 0.1) is 0 Å². The fourth-order valence-corrected chi connectivity index (χ4v) is 2.77. The first-order valence-corrected chi connectivity index (χ1v) is 7.43. The van der Waals surface area contributed by atoms with Crippen molar-refractivity contribution in [1.29, 1.82) is 0 Å². The van der Waals surface area contributed by atoms with Crippen LogP contribution in [-0.2, 0) is 4.79 Å². The number of benzene rings is 1. The molecule has 0 aromatic heterocycles. The second-order valence-electron chi connectivity index (χ2n) is 4.89. The standard InChI is InChI=1S/C14H20BrN3O/c1-2-12(16)14(10-3-5-11(15)6-4-10)18-8-7-17-13(19)9-18/h3-6,12,14H,2,7-9,16H2,1H3,(H,17,19). The number of carbonyl (C=O) groups is 1. The van der Waals surface area contributed by atoms with Gasteiger partial charge in [-0.25, -0.2) is 0 Å². The Morgan fingerprint density at radius 3 is 2.68 bits per heavy atom. The van der Waals surface area contributed by atoms with Gasteiger partial charge < -0.3 is 11.1 Å². The van der Waals surface area contributed by atoms with Crippen LogP contribution in [0.25, 0.3) is 0 Å². The van der Waals surface area contributed by atoms with Crippen molar-refractivity contribution in [1.82, 2.24) is 10.2 Å². The molecule has 0 aliphatic carbocycles. The summed E-state index contributed by atoms with van der Waals surface area (Å²) < 4.78 is 1.05. The molecule has 0 spiro atoms. The van der Waals surface area contributed by atoms with Gasteiger partial charge in [-0.05, 0) is 24.1 Å². The molecule has 0 saturated carbocycles. The molecule has 19 heavy (non-hydrogen) atoms. The van der Waals surface area contributed by atoms with Gasteiger partial charge in [0.2, 0.25) is 5.91 Å². The first-order valence-electron chi connectivity index (χ1n) is 6.63. The number of halogens is 1. The molecule has 1 aliphatic heterocycles. The summed E-state index contributed by atoms with van der Waals surface area (Å²) in [5.41, 5.74) is 7.45. The van der Waals surface area contributed by atoms with Gasteiger partial charge in [0, 0.05) is 23.6 Å². The Labute approximate surface area is 122 Å². The summed E-state index contributed by atoms with van der Waals surface area (Å²) in [6, 6.07) is 8.34. The molecule has 1 amide bonds. The second-order valence-corrected chi connectivity index (χ2v) is 5.80. The monoisotopic (exact) mass is 325 g/mol. The number of nitrogens with one attached hydrogen (secondary N) is 1. The molecule has 1 fully saturated rings. The lowest BCUT2D eigenvalue weighted by Gasteiger charge is -2.37. The lowest BCUT2D eigenvalue weighted by Crippen LogP contribution is -2.52. The molecule has 0 radical (unpaired) electrons. The smallest absolute Gasteiger partial charge is 0.234 e. The van der Waals surface area contributed by atoms with Crippen molar-refractivity contribution < 1.29 is 4.79 Å². The number of carbonyl (C=O) groups excluding carboxylic acids is 1. The summed E-state index contributed by atoms with van der Waals surface area (Å²) in [5.74, 6) is 0.0802. The topological polar surface area (TPSA) is 58.4 Å². The summed E-state index contributed by atoms with van der Waals surface area (Å²) >= 11 is 3.45. The predicted molar refractivity (Wildman–Crippen MR) is 79.7 cm³/mol. The Bertz CT molecular complexity index is 435. The van der Waals surface area contributed by atoms with Gasteiger partial charge in [-0.2, -0.15) is 0 Å². The van der Waals surface area contributed by atoms with Crippen LogP contribution in [0.5, 0.6) is 0 Å². The van der Waals surface area contributed by atoms with Crippen LogP contribution in [0.4, 0.5) is 0 Å². The van der Waals surface area contributed by atoms with Crippen molar-refractivity contribution in [2.24, 2.45) is 5.73 Å². The SMILES string of the molecule is CCC(N)C(c1ccc(Br)cc1)N1CCNC(=O)C1. The highest BCUT2D eigenvalue weighted by Crippen LogP contribution is 2.26. The van der Waals surface area contributed by atoms with Gasteiger partial charge >= 0.3 is 0 Å². The Balaban J connectivity index is 2.24. The third-order valence-corrected chi connectivity index (χ3v) is 4.08. The fourth-order valence-electron chi connectivity index (χ4n) is 2.51. The highest BCUT2D eigenvalue weighted by molar-refractivity contribution is 9.10. The normalized spacial score (nSPS) is 19.8. The van der Waals surface area contributed by atoms with Crippen molar-refractivity contribution in [2.45, 2.75) is 25.4 Å². The Kier molecular flexibility index (Phi) is 4.96. The van der Waals surface area contributed by atoms with Crippen LogP contribution in [0.15, 0.2) is 28.7 Å². The van der Waals surface area contributed by atoms with Crippen LogP contribution in [-0.4, -0.2) is 36.5 Å². The highest BCUT2D eigenvalue weighted by atomic mass is 79.9. The molecule has 1 aliphatic rings. The quantitative estimate of drug-likeness (QED) is 0.885. The minimum absolute atomic E-state index is 0.0343. The number of rotatable bonds is 4. The van der Waals surface area contributed by atoms with E-state index in [1.54, 1.807) is 0 Å². The van der Waals surface area contributed by atoms with Gasteiger partial charge in [0.05, 0.1) is 12.6 Å². The number of nitrogens with two attached hydrogens (primary N) is 1. The lowest BCUT2D eigenvalue weighted by atomic mass is 9.96. The summed E-state index contributed by atoms with van der Waals surface area (Å²) in [7, 11) is 0. The van der Waals surface area contributed by atoms with E-state index in [4.69, 9.17) is 5.73 Å². The minimum atomic E-state index is 0.0343. The molecule has 2 atom stereocenters. The average Bonchev–Trinajstić information content (AvgIpc) is 2.41. The largest absolute Gasteiger partial charge is 0.354 e. The maximum atomic E-state index is 11.6. The first-order chi connectivity index (χ1) is 9.11. The van der Waals surface area contributed by atoms with Crippen LogP contribution < -0.4 is 11.1 Å². The van der Waals surface area contributed by atoms with E-state index >= 15 is 0 Å². The van der Waals surface area contributed by atoms with Gasteiger partial charge in [0.1, 0.15) is 0 Å². The third kappa shape index (κ3) is 3.55. The highest BCUT2D eigenvalue weighted by Gasteiger charge is 2.29. The molecule has 1 aromatic rings. The fraction of sp³-hybridized carbons (Fsp3) is 0.500. The van der Waals surface area contributed by atoms with E-state index in [0.717, 1.165) is 17.4 Å². The average molecular weight is 326 g/mol.